The number of carbonyl (C=O) groups is 2. The minimum absolute atomic E-state index is 0.0667. The van der Waals surface area contributed by atoms with E-state index in [-0.39, 0.29) is 42.1 Å². The molecule has 0 radical (unpaired) electrons. The largest absolute Gasteiger partial charge is 0.469 e. The highest BCUT2D eigenvalue weighted by Gasteiger charge is 2.93. The van der Waals surface area contributed by atoms with Crippen molar-refractivity contribution in [1.82, 2.24) is 5.32 Å². The van der Waals surface area contributed by atoms with Crippen LogP contribution in [0, 0.1) is 53.3 Å². The Kier molecular flexibility index (Phi) is 3.14. The molecule has 1 aromatic carbocycles. The van der Waals surface area contributed by atoms with Crippen LogP contribution >= 0.6 is 0 Å². The van der Waals surface area contributed by atoms with Crippen LogP contribution in [0.15, 0.2) is 30.3 Å². The van der Waals surface area contributed by atoms with Crippen molar-refractivity contribution >= 4 is 12.1 Å². The van der Waals surface area contributed by atoms with Gasteiger partial charge < -0.3 is 14.8 Å². The highest BCUT2D eigenvalue weighted by atomic mass is 19.3. The van der Waals surface area contributed by atoms with E-state index in [1.54, 1.807) is 0 Å². The Bertz CT molecular complexity index is 835. The first-order chi connectivity index (χ1) is 13.5. The van der Waals surface area contributed by atoms with E-state index in [1.807, 2.05) is 30.3 Å². The number of carbonyl (C=O) groups excluding carboxylic acids is 2. The van der Waals surface area contributed by atoms with Gasteiger partial charge in [-0.05, 0) is 41.1 Å². The number of esters is 1. The van der Waals surface area contributed by atoms with Crippen molar-refractivity contribution in [2.45, 2.75) is 18.6 Å². The van der Waals surface area contributed by atoms with E-state index in [0.29, 0.717) is 0 Å². The van der Waals surface area contributed by atoms with Crippen LogP contribution in [0.25, 0.3) is 0 Å². The van der Waals surface area contributed by atoms with Crippen LogP contribution in [0.3, 0.4) is 0 Å². The summed E-state index contributed by atoms with van der Waals surface area (Å²) >= 11 is 0. The van der Waals surface area contributed by atoms with E-state index < -0.39 is 41.8 Å². The van der Waals surface area contributed by atoms with Gasteiger partial charge in [-0.15, -0.1) is 0 Å². The fraction of sp³-hybridized carbons (Fsp3) is 0.619. The van der Waals surface area contributed by atoms with Gasteiger partial charge in [-0.3, -0.25) is 4.79 Å². The fourth-order valence-electron chi connectivity index (χ4n) is 7.43. The van der Waals surface area contributed by atoms with Gasteiger partial charge in [-0.2, -0.15) is 0 Å². The summed E-state index contributed by atoms with van der Waals surface area (Å²) in [5.74, 6) is -5.32. The van der Waals surface area contributed by atoms with Gasteiger partial charge in [-0.1, -0.05) is 30.3 Å². The molecule has 0 heterocycles. The monoisotopic (exact) mass is 389 g/mol. The zero-order valence-corrected chi connectivity index (χ0v) is 15.3. The maximum absolute atomic E-state index is 14.6. The van der Waals surface area contributed by atoms with Gasteiger partial charge in [0, 0.05) is 17.9 Å². The standard InChI is InChI=1S/C21H21F2NO4/c1-27-19(25)15-9-10-12-14(13-11(9)17(13)21(22,23)16(10)12)18(15)24-20(26)28-7-8-5-3-2-4-6-8/h2-6,9-18H,7H2,1H3,(H,24,26)/t9?,10?,11?,12?,13?,14?,15-,16?,17?,18+/m1/s1. The minimum Gasteiger partial charge on any atom is -0.469 e. The van der Waals surface area contributed by atoms with Gasteiger partial charge in [0.05, 0.1) is 13.0 Å². The van der Waals surface area contributed by atoms with Crippen LogP contribution in [0.2, 0.25) is 0 Å². The maximum Gasteiger partial charge on any atom is 0.407 e. The molecule has 28 heavy (non-hydrogen) atoms. The van der Waals surface area contributed by atoms with Gasteiger partial charge >= 0.3 is 12.1 Å². The third-order valence-electron chi connectivity index (χ3n) is 8.12. The van der Waals surface area contributed by atoms with Crippen molar-refractivity contribution in [1.29, 1.82) is 0 Å². The molecule has 8 bridgehead atoms. The first-order valence-corrected chi connectivity index (χ1v) is 9.89. The zero-order valence-electron chi connectivity index (χ0n) is 15.3. The predicted molar refractivity (Wildman–Crippen MR) is 91.9 cm³/mol. The van der Waals surface area contributed by atoms with Crippen LogP contribution in [0.5, 0.6) is 0 Å². The predicted octanol–water partition coefficient (Wildman–Crippen LogP) is 2.70. The summed E-state index contributed by atoms with van der Waals surface area (Å²) in [6.07, 6.45) is -0.606. The summed E-state index contributed by atoms with van der Waals surface area (Å²) in [4.78, 5) is 25.0. The zero-order chi connectivity index (χ0) is 19.4. The molecule has 6 unspecified atom stereocenters. The molecule has 0 spiro atoms. The highest BCUT2D eigenvalue weighted by molar-refractivity contribution is 5.77. The molecule has 0 aromatic heterocycles. The van der Waals surface area contributed by atoms with E-state index in [2.05, 4.69) is 5.32 Å². The van der Waals surface area contributed by atoms with Crippen molar-refractivity contribution in [2.24, 2.45) is 53.3 Å². The van der Waals surface area contributed by atoms with E-state index in [1.165, 1.54) is 7.11 Å². The summed E-state index contributed by atoms with van der Waals surface area (Å²) < 4.78 is 39.5. The van der Waals surface area contributed by atoms with Crippen LogP contribution in [-0.2, 0) is 20.9 Å². The number of ether oxygens (including phenoxy) is 2. The number of alkyl halides is 2. The molecule has 8 rings (SSSR count). The molecule has 0 aliphatic heterocycles. The molecule has 7 fully saturated rings. The van der Waals surface area contributed by atoms with Crippen LogP contribution in [-0.4, -0.2) is 31.1 Å². The number of amides is 1. The number of fused-ring (bicyclic) bond motifs is 1. The number of halogens is 2. The van der Waals surface area contributed by atoms with Crippen molar-refractivity contribution in [3.05, 3.63) is 35.9 Å². The lowest BCUT2D eigenvalue weighted by Gasteiger charge is -2.46. The number of hydrogen-bond donors (Lipinski definition) is 1. The molecular formula is C21H21F2NO4. The summed E-state index contributed by atoms with van der Waals surface area (Å²) in [5, 5.41) is 2.86. The summed E-state index contributed by atoms with van der Waals surface area (Å²) in [7, 11) is 1.32. The van der Waals surface area contributed by atoms with E-state index >= 15 is 0 Å². The second-order valence-electron chi connectivity index (χ2n) is 8.97. The molecule has 1 amide bonds. The SMILES string of the molecule is COC(=O)[C@@H]1C2C3C4C(C5C2C5C(F)(F)C34)[C@@H]1NC(=O)OCc1ccccc1. The van der Waals surface area contributed by atoms with Gasteiger partial charge in [0.25, 0.3) is 5.92 Å². The van der Waals surface area contributed by atoms with Crippen LogP contribution in [0.1, 0.15) is 5.56 Å². The maximum atomic E-state index is 14.6. The van der Waals surface area contributed by atoms with Crippen LogP contribution < -0.4 is 5.32 Å². The molecule has 148 valence electrons. The molecule has 1 aromatic rings. The number of hydrogen-bond acceptors (Lipinski definition) is 4. The van der Waals surface area contributed by atoms with Gasteiger partial charge in [0.2, 0.25) is 0 Å². The van der Waals surface area contributed by atoms with E-state index in [0.717, 1.165) is 5.56 Å². The molecule has 7 aliphatic rings. The molecule has 7 saturated carbocycles. The number of methoxy groups -OCH3 is 1. The Morgan fingerprint density at radius 2 is 1.61 bits per heavy atom. The lowest BCUT2D eigenvalue weighted by molar-refractivity contribution is -0.154. The summed E-state index contributed by atoms with van der Waals surface area (Å²) in [6.45, 7) is 0.123. The Hall–Kier alpha value is -2.18. The molecule has 7 aliphatic carbocycles. The smallest absolute Gasteiger partial charge is 0.407 e. The number of rotatable bonds is 4. The first kappa shape index (κ1) is 16.7. The average Bonchev–Trinajstić information content (AvgIpc) is 3.58. The van der Waals surface area contributed by atoms with Gasteiger partial charge in [0.1, 0.15) is 6.61 Å². The molecule has 0 saturated heterocycles. The van der Waals surface area contributed by atoms with Gasteiger partial charge in [0.15, 0.2) is 0 Å². The second-order valence-corrected chi connectivity index (χ2v) is 8.97. The third-order valence-corrected chi connectivity index (χ3v) is 8.12. The number of nitrogens with one attached hydrogen (secondary N) is 1. The quantitative estimate of drug-likeness (QED) is 0.805. The summed E-state index contributed by atoms with van der Waals surface area (Å²) in [6, 6.07) is 8.82. The van der Waals surface area contributed by atoms with Crippen molar-refractivity contribution in [3.8, 4) is 0 Å². The highest BCUT2D eigenvalue weighted by Crippen LogP contribution is 2.89. The molecular weight excluding hydrogens is 368 g/mol. The number of benzene rings is 1. The molecule has 7 heteroatoms. The third kappa shape index (κ3) is 1.90. The van der Waals surface area contributed by atoms with Crippen molar-refractivity contribution in [2.75, 3.05) is 7.11 Å². The fourth-order valence-corrected chi connectivity index (χ4v) is 7.43. The molecule has 1 N–H and O–H groups in total. The lowest BCUT2D eigenvalue weighted by atomic mass is 9.61. The van der Waals surface area contributed by atoms with E-state index in [4.69, 9.17) is 9.47 Å². The minimum atomic E-state index is -2.61. The van der Waals surface area contributed by atoms with Crippen LogP contribution in [0.4, 0.5) is 13.6 Å². The normalized spacial score (nSPS) is 47.1. The Morgan fingerprint density at radius 3 is 2.21 bits per heavy atom. The Balaban J connectivity index is 1.23. The first-order valence-electron chi connectivity index (χ1n) is 9.89. The van der Waals surface area contributed by atoms with Crippen molar-refractivity contribution in [3.63, 3.8) is 0 Å². The van der Waals surface area contributed by atoms with Gasteiger partial charge in [-0.25, -0.2) is 13.6 Å². The summed E-state index contributed by atoms with van der Waals surface area (Å²) in [5.41, 5.74) is 0.859. The van der Waals surface area contributed by atoms with Crippen molar-refractivity contribution < 1.29 is 27.8 Å². The molecule has 5 nitrogen and oxygen atoms in total. The topological polar surface area (TPSA) is 64.6 Å². The lowest BCUT2D eigenvalue weighted by Crippen LogP contribution is -2.58. The Labute approximate surface area is 160 Å². The Morgan fingerprint density at radius 1 is 1.00 bits per heavy atom. The van der Waals surface area contributed by atoms with E-state index in [9.17, 15) is 18.4 Å². The second kappa shape index (κ2) is 5.24. The average molecular weight is 389 g/mol. The number of alkyl carbamates (subject to hydrolysis) is 1. The molecule has 8 atom stereocenters.